The average molecular weight is 616 g/mol. The molecule has 4 atom stereocenters. The molecule has 1 aliphatic carbocycles. The summed E-state index contributed by atoms with van der Waals surface area (Å²) < 4.78 is 7.10. The number of aromatic nitrogens is 2. The van der Waals surface area contributed by atoms with Crippen LogP contribution in [0.5, 0.6) is 5.75 Å². The van der Waals surface area contributed by atoms with Crippen molar-refractivity contribution >= 4 is 11.8 Å². The molecule has 45 heavy (non-hydrogen) atoms. The van der Waals surface area contributed by atoms with Gasteiger partial charge in [0.1, 0.15) is 11.4 Å². The van der Waals surface area contributed by atoms with E-state index in [1.807, 2.05) is 48.2 Å². The van der Waals surface area contributed by atoms with Crippen molar-refractivity contribution in [3.8, 4) is 5.75 Å². The van der Waals surface area contributed by atoms with Crippen LogP contribution in [0, 0.1) is 0 Å². The summed E-state index contributed by atoms with van der Waals surface area (Å²) in [6.07, 6.45) is 7.80. The summed E-state index contributed by atoms with van der Waals surface area (Å²) in [5, 5.41) is 22.7. The molecule has 0 radical (unpaired) electrons. The summed E-state index contributed by atoms with van der Waals surface area (Å²) in [7, 11) is 1.67. The van der Waals surface area contributed by atoms with Gasteiger partial charge < -0.3 is 25.4 Å². The molecule has 2 heterocycles. The summed E-state index contributed by atoms with van der Waals surface area (Å²) in [4.78, 5) is 29.4. The van der Waals surface area contributed by atoms with E-state index in [0.29, 0.717) is 25.2 Å². The van der Waals surface area contributed by atoms with Gasteiger partial charge in [-0.1, -0.05) is 49.7 Å². The number of benzene rings is 2. The predicted molar refractivity (Wildman–Crippen MR) is 176 cm³/mol. The fraction of sp³-hybridized carbons (Fsp3) is 0.528. The zero-order valence-electron chi connectivity index (χ0n) is 27.0. The van der Waals surface area contributed by atoms with Gasteiger partial charge in [0.2, 0.25) is 0 Å². The van der Waals surface area contributed by atoms with Crippen molar-refractivity contribution in [2.45, 2.75) is 102 Å². The highest BCUT2D eigenvalue weighted by Gasteiger charge is 2.31. The molecule has 3 N–H and O–H groups in total. The van der Waals surface area contributed by atoms with E-state index in [-0.39, 0.29) is 23.7 Å². The van der Waals surface area contributed by atoms with Crippen molar-refractivity contribution < 1.29 is 19.4 Å². The number of piperidine rings is 1. The SMILES string of the molecule is CCCC1CCCCN1C(=O)c1cc(C(=O)N[C@@H](Cc2ccccc2)[C@H](O)CN[C@@H]2CCCc3ccc(OC)cc32)nn1CC. The molecule has 5 rings (SSSR count). The standard InChI is InChI=1S/C36H49N5O4/c1-4-12-27-16-9-10-20-40(27)36(44)33-23-32(39-41(33)5-2)35(43)38-31(21-25-13-7-6-8-14-25)34(42)24-37-30-17-11-15-26-18-19-28(45-3)22-29(26)30/h6-8,13-14,18-19,22-23,27,30-31,34,37,42H,4-5,9-12,15-17,20-21,24H2,1-3H3,(H,38,43)/t27?,30-,31+,34-/m1/s1. The molecule has 242 valence electrons. The van der Waals surface area contributed by atoms with Crippen LogP contribution in [0.25, 0.3) is 0 Å². The van der Waals surface area contributed by atoms with E-state index in [1.165, 1.54) is 11.1 Å². The Kier molecular flexibility index (Phi) is 11.3. The Balaban J connectivity index is 1.31. The number of fused-ring (bicyclic) bond motifs is 1. The van der Waals surface area contributed by atoms with E-state index in [4.69, 9.17) is 4.74 Å². The normalized spacial score (nSPS) is 19.4. The number of aryl methyl sites for hydroxylation is 2. The molecule has 0 spiro atoms. The number of nitrogens with one attached hydrogen (secondary N) is 2. The first-order chi connectivity index (χ1) is 21.9. The molecule has 1 aromatic heterocycles. The summed E-state index contributed by atoms with van der Waals surface area (Å²) >= 11 is 0. The number of rotatable bonds is 13. The molecular formula is C36H49N5O4. The Hall–Kier alpha value is -3.69. The number of carbonyl (C=O) groups excluding carboxylic acids is 2. The van der Waals surface area contributed by atoms with E-state index < -0.39 is 18.1 Å². The highest BCUT2D eigenvalue weighted by atomic mass is 16.5. The van der Waals surface area contributed by atoms with Gasteiger partial charge in [0, 0.05) is 37.8 Å². The largest absolute Gasteiger partial charge is 0.497 e. The molecule has 0 saturated carbocycles. The van der Waals surface area contributed by atoms with Crippen molar-refractivity contribution in [1.29, 1.82) is 0 Å². The molecule has 2 amide bonds. The second-order valence-electron chi connectivity index (χ2n) is 12.4. The lowest BCUT2D eigenvalue weighted by Crippen LogP contribution is -2.49. The number of carbonyl (C=O) groups is 2. The van der Waals surface area contributed by atoms with Gasteiger partial charge in [-0.3, -0.25) is 14.3 Å². The van der Waals surface area contributed by atoms with Gasteiger partial charge in [0.25, 0.3) is 11.8 Å². The van der Waals surface area contributed by atoms with E-state index in [2.05, 4.69) is 34.8 Å². The number of ether oxygens (including phenoxy) is 1. The lowest BCUT2D eigenvalue weighted by molar-refractivity contribution is 0.0588. The van der Waals surface area contributed by atoms with E-state index >= 15 is 0 Å². The highest BCUT2D eigenvalue weighted by Crippen LogP contribution is 2.32. The molecule has 1 aliphatic heterocycles. The van der Waals surface area contributed by atoms with Gasteiger partial charge >= 0.3 is 0 Å². The molecule has 1 fully saturated rings. The number of amides is 2. The molecule has 9 nitrogen and oxygen atoms in total. The number of hydrogen-bond donors (Lipinski definition) is 3. The molecule has 1 saturated heterocycles. The zero-order valence-corrected chi connectivity index (χ0v) is 27.0. The van der Waals surface area contributed by atoms with Crippen LogP contribution in [-0.4, -0.2) is 70.0 Å². The van der Waals surface area contributed by atoms with Crippen molar-refractivity contribution in [2.24, 2.45) is 0 Å². The van der Waals surface area contributed by atoms with Gasteiger partial charge in [-0.05, 0) is 87.1 Å². The van der Waals surface area contributed by atoms with Crippen molar-refractivity contribution in [3.05, 3.63) is 82.7 Å². The maximum Gasteiger partial charge on any atom is 0.272 e. The van der Waals surface area contributed by atoms with Crippen molar-refractivity contribution in [3.63, 3.8) is 0 Å². The molecule has 3 aromatic rings. The maximum absolute atomic E-state index is 13.7. The third-order valence-corrected chi connectivity index (χ3v) is 9.36. The minimum absolute atomic E-state index is 0.0592. The lowest BCUT2D eigenvalue weighted by atomic mass is 9.87. The second kappa shape index (κ2) is 15.5. The number of likely N-dealkylation sites (tertiary alicyclic amines) is 1. The number of methoxy groups -OCH3 is 1. The van der Waals surface area contributed by atoms with Crippen LogP contribution in [0.2, 0.25) is 0 Å². The summed E-state index contributed by atoms with van der Waals surface area (Å²) in [5.74, 6) is 0.367. The lowest BCUT2D eigenvalue weighted by Gasteiger charge is -2.35. The first-order valence-electron chi connectivity index (χ1n) is 16.7. The fourth-order valence-electron chi connectivity index (χ4n) is 6.90. The zero-order chi connectivity index (χ0) is 31.8. The number of nitrogens with zero attached hydrogens (tertiary/aromatic N) is 3. The maximum atomic E-state index is 13.7. The number of aliphatic hydroxyl groups is 1. The third-order valence-electron chi connectivity index (χ3n) is 9.36. The molecular weight excluding hydrogens is 566 g/mol. The average Bonchev–Trinajstić information content (AvgIpc) is 3.52. The Morgan fingerprint density at radius 3 is 2.64 bits per heavy atom. The number of hydrogen-bond acceptors (Lipinski definition) is 6. The monoisotopic (exact) mass is 615 g/mol. The fourth-order valence-corrected chi connectivity index (χ4v) is 6.90. The van der Waals surface area contributed by atoms with Gasteiger partial charge in [-0.15, -0.1) is 0 Å². The van der Waals surface area contributed by atoms with Crippen LogP contribution in [0.1, 0.15) is 103 Å². The van der Waals surface area contributed by atoms with Crippen LogP contribution in [0.3, 0.4) is 0 Å². The van der Waals surface area contributed by atoms with Crippen molar-refractivity contribution in [2.75, 3.05) is 20.2 Å². The second-order valence-corrected chi connectivity index (χ2v) is 12.4. The summed E-state index contributed by atoms with van der Waals surface area (Å²) in [6.45, 7) is 5.60. The smallest absolute Gasteiger partial charge is 0.272 e. The predicted octanol–water partition coefficient (Wildman–Crippen LogP) is 5.08. The molecule has 0 bridgehead atoms. The van der Waals surface area contributed by atoms with Gasteiger partial charge in [0.15, 0.2) is 5.69 Å². The highest BCUT2D eigenvalue weighted by molar-refractivity contribution is 5.98. The topological polar surface area (TPSA) is 109 Å². The van der Waals surface area contributed by atoms with Crippen LogP contribution in [0.4, 0.5) is 0 Å². The molecule has 2 aromatic carbocycles. The van der Waals surface area contributed by atoms with Crippen LogP contribution >= 0.6 is 0 Å². The van der Waals surface area contributed by atoms with Gasteiger partial charge in [-0.25, -0.2) is 0 Å². The first kappa shape index (κ1) is 32.7. The minimum Gasteiger partial charge on any atom is -0.497 e. The minimum atomic E-state index is -0.859. The molecule has 9 heteroatoms. The Morgan fingerprint density at radius 2 is 1.89 bits per heavy atom. The summed E-state index contributed by atoms with van der Waals surface area (Å²) in [5.41, 5.74) is 4.14. The summed E-state index contributed by atoms with van der Waals surface area (Å²) in [6, 6.07) is 17.4. The Labute approximate surface area is 267 Å². The molecule has 1 unspecified atom stereocenters. The van der Waals surface area contributed by atoms with Gasteiger partial charge in [0.05, 0.1) is 19.3 Å². The van der Waals surface area contributed by atoms with Gasteiger partial charge in [-0.2, -0.15) is 5.10 Å². The molecule has 2 aliphatic rings. The Bertz CT molecular complexity index is 1420. The van der Waals surface area contributed by atoms with E-state index in [0.717, 1.165) is 69.2 Å². The van der Waals surface area contributed by atoms with E-state index in [1.54, 1.807) is 17.9 Å². The quantitative estimate of drug-likeness (QED) is 0.248. The van der Waals surface area contributed by atoms with Crippen LogP contribution < -0.4 is 15.4 Å². The van der Waals surface area contributed by atoms with E-state index in [9.17, 15) is 14.7 Å². The van der Waals surface area contributed by atoms with Crippen LogP contribution in [0.15, 0.2) is 54.6 Å². The Morgan fingerprint density at radius 1 is 1.07 bits per heavy atom. The first-order valence-corrected chi connectivity index (χ1v) is 16.7. The number of aliphatic hydroxyl groups excluding tert-OH is 1. The van der Waals surface area contributed by atoms with Crippen molar-refractivity contribution in [1.82, 2.24) is 25.3 Å². The third kappa shape index (κ3) is 7.94. The van der Waals surface area contributed by atoms with Crippen LogP contribution in [-0.2, 0) is 19.4 Å².